The lowest BCUT2D eigenvalue weighted by Crippen LogP contribution is -2.32. The molecule has 0 N–H and O–H groups in total. The molecule has 0 bridgehead atoms. The molecule has 0 aliphatic carbocycles. The second-order valence-electron chi connectivity index (χ2n) is 18.2. The summed E-state index contributed by atoms with van der Waals surface area (Å²) in [5.41, 5.74) is 14.4. The van der Waals surface area contributed by atoms with Gasteiger partial charge >= 0.3 is 0 Å². The maximum atomic E-state index is 2.49. The van der Waals surface area contributed by atoms with E-state index in [1.165, 1.54) is 77.6 Å². The van der Waals surface area contributed by atoms with Gasteiger partial charge in [0.25, 0.3) is 0 Å². The average Bonchev–Trinajstić information content (AvgIpc) is 3.66. The van der Waals surface area contributed by atoms with Crippen LogP contribution in [0.1, 0.15) is 70.8 Å². The van der Waals surface area contributed by atoms with E-state index < -0.39 is 10.8 Å². The lowest BCUT2D eigenvalue weighted by molar-refractivity contribution is 0.590. The molecule has 1 heteroatoms. The Balaban J connectivity index is 1.20. The average molecular weight is 812 g/mol. The van der Waals surface area contributed by atoms with Crippen molar-refractivity contribution in [3.05, 3.63) is 293 Å². The molecule has 1 aromatic heterocycles. The van der Waals surface area contributed by atoms with E-state index in [0.29, 0.717) is 0 Å². The minimum atomic E-state index is -0.412. The number of benzene rings is 9. The van der Waals surface area contributed by atoms with Gasteiger partial charge in [0.1, 0.15) is 0 Å². The largest absolute Gasteiger partial charge is 0.309 e. The van der Waals surface area contributed by atoms with Crippen LogP contribution in [-0.4, -0.2) is 4.57 Å². The van der Waals surface area contributed by atoms with Crippen LogP contribution in [0, 0.1) is 0 Å². The number of fused-ring (bicyclic) bond motifs is 3. The first-order valence-corrected chi connectivity index (χ1v) is 22.3. The van der Waals surface area contributed by atoms with Gasteiger partial charge in [-0.3, -0.25) is 0 Å². The molecule has 10 rings (SSSR count). The summed E-state index contributed by atoms with van der Waals surface area (Å²) >= 11 is 0. The molecule has 0 saturated heterocycles. The van der Waals surface area contributed by atoms with Crippen molar-refractivity contribution >= 4 is 21.8 Å². The Morgan fingerprint density at radius 1 is 0.302 bits per heavy atom. The van der Waals surface area contributed by atoms with Gasteiger partial charge in [-0.1, -0.05) is 227 Å². The smallest absolute Gasteiger partial charge is 0.0541 e. The lowest BCUT2D eigenvalue weighted by atomic mass is 9.66. The van der Waals surface area contributed by atoms with Crippen LogP contribution in [0.4, 0.5) is 0 Å². The van der Waals surface area contributed by atoms with Gasteiger partial charge < -0.3 is 4.57 Å². The van der Waals surface area contributed by atoms with Crippen molar-refractivity contribution in [2.45, 2.75) is 49.9 Å². The molecule has 9 aromatic carbocycles. The van der Waals surface area contributed by atoms with Crippen LogP contribution in [0.25, 0.3) is 27.5 Å². The molecular weight excluding hydrogens is 759 g/mol. The Labute approximate surface area is 373 Å². The zero-order valence-electron chi connectivity index (χ0n) is 36.5. The summed E-state index contributed by atoms with van der Waals surface area (Å²) in [6.07, 6.45) is 1.60. The molecule has 0 fully saturated rings. The minimum Gasteiger partial charge on any atom is -0.309 e. The number of nitrogens with zero attached hydrogens (tertiary/aromatic N) is 1. The summed E-state index contributed by atoms with van der Waals surface area (Å²) in [5, 5.41) is 2.52. The molecule has 0 unspecified atom stereocenters. The van der Waals surface area contributed by atoms with Crippen LogP contribution in [0.5, 0.6) is 0 Å². The monoisotopic (exact) mass is 811 g/mol. The molecule has 10 aromatic rings. The summed E-state index contributed by atoms with van der Waals surface area (Å²) in [7, 11) is 0. The molecule has 1 nitrogen and oxygen atoms in total. The highest BCUT2D eigenvalue weighted by Crippen LogP contribution is 2.45. The Hall–Kier alpha value is -7.22. The fourth-order valence-electron chi connectivity index (χ4n) is 10.3. The quantitative estimate of drug-likeness (QED) is 0.115. The molecular formula is C62H53N. The second-order valence-corrected chi connectivity index (χ2v) is 18.2. The first-order chi connectivity index (χ1) is 30.8. The molecule has 0 aliphatic rings. The SMILES string of the molecule is CC(C)(C)c1ccc(-n2c3ccc(CC(c4ccccc4)(c4ccccc4)c4ccccc4)cc3c3cc(CC(c4ccccc4)(c4ccccc4)c4ccccc4)ccc32)cc1. The fourth-order valence-corrected chi connectivity index (χ4v) is 10.3. The van der Waals surface area contributed by atoms with E-state index in [4.69, 9.17) is 0 Å². The summed E-state index contributed by atoms with van der Waals surface area (Å²) in [4.78, 5) is 0. The number of hydrogen-bond acceptors (Lipinski definition) is 0. The topological polar surface area (TPSA) is 4.93 Å². The van der Waals surface area contributed by atoms with Gasteiger partial charge in [0, 0.05) is 27.3 Å². The molecule has 0 saturated carbocycles. The van der Waals surface area contributed by atoms with E-state index in [-0.39, 0.29) is 5.41 Å². The fraction of sp³-hybridized carbons (Fsp3) is 0.129. The van der Waals surface area contributed by atoms with E-state index in [2.05, 4.69) is 268 Å². The van der Waals surface area contributed by atoms with E-state index in [0.717, 1.165) is 12.8 Å². The Morgan fingerprint density at radius 3 is 0.857 bits per heavy atom. The van der Waals surface area contributed by atoms with Crippen LogP contribution >= 0.6 is 0 Å². The standard InChI is InChI=1S/C62H53N/c1-60(2,3)48-36-38-55(39-37-48)63-58-40-34-46(44-61(49-22-10-4-11-23-49,50-24-12-5-13-25-50)51-26-14-6-15-27-51)42-56(58)57-43-47(35-41-59(57)63)45-62(52-28-16-7-17-29-52,53-30-18-8-19-31-53)54-32-20-9-21-33-54/h4-43H,44-45H2,1-3H3. The highest BCUT2D eigenvalue weighted by molar-refractivity contribution is 6.09. The van der Waals surface area contributed by atoms with Crippen LogP contribution in [-0.2, 0) is 29.1 Å². The van der Waals surface area contributed by atoms with Crippen LogP contribution in [0.3, 0.4) is 0 Å². The van der Waals surface area contributed by atoms with Crippen molar-refractivity contribution in [1.82, 2.24) is 4.57 Å². The number of aromatic nitrogens is 1. The summed E-state index contributed by atoms with van der Waals surface area (Å²) in [6, 6.07) is 90.2. The predicted octanol–water partition coefficient (Wildman–Crippen LogP) is 15.2. The normalized spacial score (nSPS) is 12.2. The van der Waals surface area contributed by atoms with Crippen molar-refractivity contribution in [1.29, 1.82) is 0 Å². The number of hydrogen-bond donors (Lipinski definition) is 0. The summed E-state index contributed by atoms with van der Waals surface area (Å²) in [5.74, 6) is 0. The maximum Gasteiger partial charge on any atom is 0.0541 e. The predicted molar refractivity (Wildman–Crippen MR) is 265 cm³/mol. The highest BCUT2D eigenvalue weighted by Gasteiger charge is 2.38. The van der Waals surface area contributed by atoms with Crippen LogP contribution < -0.4 is 0 Å². The van der Waals surface area contributed by atoms with Crippen LogP contribution in [0.2, 0.25) is 0 Å². The lowest BCUT2D eigenvalue weighted by Gasteiger charge is -2.36. The third-order valence-electron chi connectivity index (χ3n) is 13.4. The first-order valence-electron chi connectivity index (χ1n) is 22.3. The van der Waals surface area contributed by atoms with Gasteiger partial charge in [-0.2, -0.15) is 0 Å². The minimum absolute atomic E-state index is 0.0642. The maximum absolute atomic E-state index is 2.49. The zero-order valence-corrected chi connectivity index (χ0v) is 36.5. The first kappa shape index (κ1) is 39.9. The van der Waals surface area contributed by atoms with Gasteiger partial charge in [0.15, 0.2) is 0 Å². The highest BCUT2D eigenvalue weighted by atomic mass is 15.0. The molecule has 0 atom stereocenters. The number of rotatable bonds is 11. The molecule has 63 heavy (non-hydrogen) atoms. The van der Waals surface area contributed by atoms with Crippen molar-refractivity contribution in [3.8, 4) is 5.69 Å². The van der Waals surface area contributed by atoms with Gasteiger partial charge in [0.2, 0.25) is 0 Å². The Kier molecular flexibility index (Phi) is 10.5. The van der Waals surface area contributed by atoms with E-state index in [9.17, 15) is 0 Å². The molecule has 0 spiro atoms. The van der Waals surface area contributed by atoms with E-state index in [1.54, 1.807) is 0 Å². The third-order valence-corrected chi connectivity index (χ3v) is 13.4. The summed E-state index contributed by atoms with van der Waals surface area (Å²) in [6.45, 7) is 6.85. The van der Waals surface area contributed by atoms with E-state index in [1.807, 2.05) is 0 Å². The Bertz CT molecular complexity index is 2710. The van der Waals surface area contributed by atoms with Gasteiger partial charge in [0.05, 0.1) is 11.0 Å². The van der Waals surface area contributed by atoms with Crippen molar-refractivity contribution in [3.63, 3.8) is 0 Å². The Morgan fingerprint density at radius 2 is 0.587 bits per heavy atom. The zero-order chi connectivity index (χ0) is 42.9. The van der Waals surface area contributed by atoms with Crippen LogP contribution in [0.15, 0.2) is 243 Å². The van der Waals surface area contributed by atoms with Gasteiger partial charge in [-0.15, -0.1) is 0 Å². The van der Waals surface area contributed by atoms with Crippen molar-refractivity contribution in [2.75, 3.05) is 0 Å². The summed E-state index contributed by atoms with van der Waals surface area (Å²) < 4.78 is 2.47. The molecule has 1 heterocycles. The van der Waals surface area contributed by atoms with Crippen molar-refractivity contribution in [2.24, 2.45) is 0 Å². The van der Waals surface area contributed by atoms with Gasteiger partial charge in [-0.05, 0) is 105 Å². The molecule has 0 aliphatic heterocycles. The third kappa shape index (κ3) is 7.28. The second kappa shape index (κ2) is 16.6. The van der Waals surface area contributed by atoms with Gasteiger partial charge in [-0.25, -0.2) is 0 Å². The molecule has 0 amide bonds. The van der Waals surface area contributed by atoms with E-state index >= 15 is 0 Å². The molecule has 0 radical (unpaired) electrons. The molecule has 306 valence electrons. The van der Waals surface area contributed by atoms with Crippen molar-refractivity contribution < 1.29 is 0 Å².